The molecule has 2 rings (SSSR count). The molecule has 2 N–H and O–H groups in total. The summed E-state index contributed by atoms with van der Waals surface area (Å²) in [4.78, 5) is 0. The minimum atomic E-state index is -0.290. The molecule has 1 fully saturated rings. The molecule has 0 aromatic heterocycles. The maximum absolute atomic E-state index is 6.04. The summed E-state index contributed by atoms with van der Waals surface area (Å²) in [7, 11) is 0. The molecule has 1 aliphatic rings. The van der Waals surface area contributed by atoms with E-state index in [0.717, 1.165) is 10.6 Å². The minimum Gasteiger partial charge on any atom is -0.349 e. The van der Waals surface area contributed by atoms with Crippen molar-refractivity contribution in [2.75, 3.05) is 13.2 Å². The number of benzene rings is 1. The highest BCUT2D eigenvalue weighted by Crippen LogP contribution is 2.18. The summed E-state index contributed by atoms with van der Waals surface area (Å²) < 4.78 is 10.7. The molecule has 0 spiro atoms. The van der Waals surface area contributed by atoms with Gasteiger partial charge in [0, 0.05) is 5.02 Å². The van der Waals surface area contributed by atoms with Gasteiger partial charge in [0.05, 0.1) is 19.3 Å². The third-order valence-electron chi connectivity index (χ3n) is 2.41. The molecular weight excluding hydrogens is 214 g/mol. The molecule has 0 amide bonds. The lowest BCUT2D eigenvalue weighted by atomic mass is 10.1. The quantitative estimate of drug-likeness (QED) is 0.853. The molecule has 1 aliphatic heterocycles. The second-order valence-electron chi connectivity index (χ2n) is 3.57. The van der Waals surface area contributed by atoms with E-state index in [1.54, 1.807) is 0 Å². The van der Waals surface area contributed by atoms with Gasteiger partial charge in [0.15, 0.2) is 6.29 Å². The monoisotopic (exact) mass is 227 g/mol. The Hall–Kier alpha value is -0.610. The van der Waals surface area contributed by atoms with Crippen LogP contribution in [-0.4, -0.2) is 25.5 Å². The first-order valence-electron chi connectivity index (χ1n) is 4.99. The SMILES string of the molecule is N[C@@H](Cc1ccccc1Cl)C1OCCO1. The minimum absolute atomic E-state index is 0.160. The molecule has 0 radical (unpaired) electrons. The van der Waals surface area contributed by atoms with Crippen LogP contribution in [0.5, 0.6) is 0 Å². The van der Waals surface area contributed by atoms with Crippen molar-refractivity contribution in [1.29, 1.82) is 0 Å². The zero-order chi connectivity index (χ0) is 10.7. The van der Waals surface area contributed by atoms with Gasteiger partial charge in [-0.05, 0) is 18.1 Å². The van der Waals surface area contributed by atoms with Crippen molar-refractivity contribution in [1.82, 2.24) is 0 Å². The van der Waals surface area contributed by atoms with E-state index in [2.05, 4.69) is 0 Å². The van der Waals surface area contributed by atoms with Crippen LogP contribution < -0.4 is 5.73 Å². The van der Waals surface area contributed by atoms with Gasteiger partial charge in [-0.2, -0.15) is 0 Å². The highest BCUT2D eigenvalue weighted by Gasteiger charge is 2.24. The van der Waals surface area contributed by atoms with Gasteiger partial charge in [-0.3, -0.25) is 0 Å². The van der Waals surface area contributed by atoms with E-state index in [9.17, 15) is 0 Å². The van der Waals surface area contributed by atoms with E-state index >= 15 is 0 Å². The normalized spacial score (nSPS) is 19.3. The Kier molecular flexibility index (Phi) is 3.59. The van der Waals surface area contributed by atoms with E-state index in [0.29, 0.717) is 19.6 Å². The lowest BCUT2D eigenvalue weighted by Crippen LogP contribution is -2.37. The zero-order valence-electron chi connectivity index (χ0n) is 8.36. The number of ether oxygens (including phenoxy) is 2. The van der Waals surface area contributed by atoms with Gasteiger partial charge in [0.2, 0.25) is 0 Å². The van der Waals surface area contributed by atoms with Gasteiger partial charge in [0.1, 0.15) is 0 Å². The number of nitrogens with two attached hydrogens (primary N) is 1. The first-order chi connectivity index (χ1) is 7.27. The molecular formula is C11H14ClNO2. The van der Waals surface area contributed by atoms with Crippen LogP contribution in [0.2, 0.25) is 5.02 Å². The summed E-state index contributed by atoms with van der Waals surface area (Å²) in [5.74, 6) is 0. The average molecular weight is 228 g/mol. The predicted molar refractivity (Wildman–Crippen MR) is 58.8 cm³/mol. The zero-order valence-corrected chi connectivity index (χ0v) is 9.11. The molecule has 0 unspecified atom stereocenters. The van der Waals surface area contributed by atoms with Crippen molar-refractivity contribution < 1.29 is 9.47 Å². The summed E-state index contributed by atoms with van der Waals surface area (Å²) in [6, 6.07) is 7.52. The van der Waals surface area contributed by atoms with E-state index in [4.69, 9.17) is 26.8 Å². The van der Waals surface area contributed by atoms with E-state index in [1.807, 2.05) is 24.3 Å². The van der Waals surface area contributed by atoms with Gasteiger partial charge < -0.3 is 15.2 Å². The van der Waals surface area contributed by atoms with Crippen LogP contribution in [0.4, 0.5) is 0 Å². The lowest BCUT2D eigenvalue weighted by Gasteiger charge is -2.18. The standard InChI is InChI=1S/C11H14ClNO2/c12-9-4-2-1-3-8(9)7-10(13)11-14-5-6-15-11/h1-4,10-11H,5-7,13H2/t10-/m0/s1. The molecule has 3 nitrogen and oxygen atoms in total. The molecule has 0 saturated carbocycles. The van der Waals surface area contributed by atoms with Crippen molar-refractivity contribution in [3.8, 4) is 0 Å². The summed E-state index contributed by atoms with van der Waals surface area (Å²) in [5.41, 5.74) is 7.00. The Balaban J connectivity index is 1.99. The van der Waals surface area contributed by atoms with Crippen molar-refractivity contribution in [3.63, 3.8) is 0 Å². The maximum Gasteiger partial charge on any atom is 0.173 e. The second-order valence-corrected chi connectivity index (χ2v) is 3.98. The fourth-order valence-corrected chi connectivity index (χ4v) is 1.85. The molecule has 82 valence electrons. The van der Waals surface area contributed by atoms with Gasteiger partial charge in [-0.15, -0.1) is 0 Å². The number of halogens is 1. The molecule has 15 heavy (non-hydrogen) atoms. The maximum atomic E-state index is 6.04. The van der Waals surface area contributed by atoms with Crippen molar-refractivity contribution in [2.45, 2.75) is 18.8 Å². The van der Waals surface area contributed by atoms with Gasteiger partial charge in [-0.25, -0.2) is 0 Å². The van der Waals surface area contributed by atoms with Crippen molar-refractivity contribution in [3.05, 3.63) is 34.9 Å². The average Bonchev–Trinajstić information content (AvgIpc) is 2.74. The molecule has 1 aromatic carbocycles. The molecule has 1 aromatic rings. The van der Waals surface area contributed by atoms with Crippen LogP contribution in [0.25, 0.3) is 0 Å². The number of rotatable bonds is 3. The molecule has 1 atom stereocenters. The van der Waals surface area contributed by atoms with Crippen LogP contribution in [0, 0.1) is 0 Å². The highest BCUT2D eigenvalue weighted by atomic mass is 35.5. The van der Waals surface area contributed by atoms with Gasteiger partial charge in [-0.1, -0.05) is 29.8 Å². The molecule has 0 bridgehead atoms. The Bertz CT molecular complexity index is 326. The third kappa shape index (κ3) is 2.69. The van der Waals surface area contributed by atoms with E-state index in [-0.39, 0.29) is 12.3 Å². The molecule has 1 heterocycles. The van der Waals surface area contributed by atoms with Crippen LogP contribution >= 0.6 is 11.6 Å². The fraction of sp³-hybridized carbons (Fsp3) is 0.455. The Morgan fingerprint density at radius 3 is 2.67 bits per heavy atom. The van der Waals surface area contributed by atoms with Crippen molar-refractivity contribution >= 4 is 11.6 Å². The Labute approximate surface area is 94.1 Å². The summed E-state index contributed by atoms with van der Waals surface area (Å²) in [6.07, 6.45) is 0.380. The van der Waals surface area contributed by atoms with Gasteiger partial charge in [0.25, 0.3) is 0 Å². The first kappa shape index (κ1) is 10.9. The van der Waals surface area contributed by atoms with Gasteiger partial charge >= 0.3 is 0 Å². The van der Waals surface area contributed by atoms with Crippen LogP contribution in [-0.2, 0) is 15.9 Å². The largest absolute Gasteiger partial charge is 0.349 e. The van der Waals surface area contributed by atoms with Crippen molar-refractivity contribution in [2.24, 2.45) is 5.73 Å². The number of hydrogen-bond acceptors (Lipinski definition) is 3. The Morgan fingerprint density at radius 1 is 1.33 bits per heavy atom. The summed E-state index contributed by atoms with van der Waals surface area (Å²) >= 11 is 6.04. The number of hydrogen-bond donors (Lipinski definition) is 1. The van der Waals surface area contributed by atoms with E-state index in [1.165, 1.54) is 0 Å². The highest BCUT2D eigenvalue weighted by molar-refractivity contribution is 6.31. The van der Waals surface area contributed by atoms with E-state index < -0.39 is 0 Å². The topological polar surface area (TPSA) is 44.5 Å². The Morgan fingerprint density at radius 2 is 2.00 bits per heavy atom. The van der Waals surface area contributed by atoms with Crippen LogP contribution in [0.1, 0.15) is 5.56 Å². The lowest BCUT2D eigenvalue weighted by molar-refractivity contribution is -0.0585. The van der Waals surface area contributed by atoms with Crippen LogP contribution in [0.3, 0.4) is 0 Å². The second kappa shape index (κ2) is 4.94. The molecule has 1 saturated heterocycles. The molecule has 4 heteroatoms. The fourth-order valence-electron chi connectivity index (χ4n) is 1.64. The summed E-state index contributed by atoms with van der Waals surface area (Å²) in [6.45, 7) is 1.25. The predicted octanol–water partition coefficient (Wildman–Crippen LogP) is 1.58. The third-order valence-corrected chi connectivity index (χ3v) is 2.78. The van der Waals surface area contributed by atoms with Crippen LogP contribution in [0.15, 0.2) is 24.3 Å². The first-order valence-corrected chi connectivity index (χ1v) is 5.37. The molecule has 0 aliphatic carbocycles. The smallest absolute Gasteiger partial charge is 0.173 e. The summed E-state index contributed by atoms with van der Waals surface area (Å²) in [5, 5.41) is 0.742.